The molecule has 0 radical (unpaired) electrons. The molecule has 2 saturated heterocycles. The number of amides is 2. The van der Waals surface area contributed by atoms with Crippen molar-refractivity contribution in [3.8, 4) is 11.5 Å². The fourth-order valence-corrected chi connectivity index (χ4v) is 10.7. The highest BCUT2D eigenvalue weighted by Gasteiger charge is 2.41. The molecule has 0 saturated carbocycles. The summed E-state index contributed by atoms with van der Waals surface area (Å²) >= 11 is 35.6. The lowest BCUT2D eigenvalue weighted by Gasteiger charge is -2.44. The number of quaternary nitrogens is 1. The van der Waals surface area contributed by atoms with Crippen LogP contribution in [0.25, 0.3) is 0 Å². The molecule has 77 heavy (non-hydrogen) atoms. The molecule has 8 rings (SSSR count). The van der Waals surface area contributed by atoms with E-state index >= 15 is 0 Å². The third-order valence-corrected chi connectivity index (χ3v) is 15.4. The monoisotopic (exact) mass is 1170 g/mol. The van der Waals surface area contributed by atoms with Crippen molar-refractivity contribution in [3.63, 3.8) is 0 Å². The van der Waals surface area contributed by atoms with Crippen molar-refractivity contribution in [1.82, 2.24) is 15.5 Å². The van der Waals surface area contributed by atoms with Crippen LogP contribution < -0.4 is 29.9 Å². The van der Waals surface area contributed by atoms with Crippen molar-refractivity contribution >= 4 is 92.8 Å². The first kappa shape index (κ1) is 60.7. The van der Waals surface area contributed by atoms with Crippen LogP contribution in [-0.4, -0.2) is 146 Å². The van der Waals surface area contributed by atoms with Crippen LogP contribution in [0.1, 0.15) is 49.7 Å². The molecule has 2 atom stereocenters. The number of alkyl halides is 6. The highest BCUT2D eigenvalue weighted by atomic mass is 35.6. The van der Waals surface area contributed by atoms with Crippen LogP contribution >= 0.6 is 69.6 Å². The highest BCUT2D eigenvalue weighted by Crippen LogP contribution is 2.36. The van der Waals surface area contributed by atoms with Gasteiger partial charge in [-0.3, -0.25) is 14.5 Å². The second-order valence-corrected chi connectivity index (χ2v) is 25.1. The fraction of sp³-hybridized carbons (Fsp3) is 0.483. The molecular formula is C58H72Cl6N6O7. The second-order valence-electron chi connectivity index (χ2n) is 20.6. The molecule has 0 bridgehead atoms. The van der Waals surface area contributed by atoms with E-state index in [1.807, 2.05) is 92.0 Å². The van der Waals surface area contributed by atoms with Crippen LogP contribution in [0.3, 0.4) is 0 Å². The number of morpholine rings is 2. The summed E-state index contributed by atoms with van der Waals surface area (Å²) in [5.74, 6) is 0.350. The average Bonchev–Trinajstić information content (AvgIpc) is 3.40. The van der Waals surface area contributed by atoms with E-state index in [0.717, 1.165) is 112 Å². The Morgan fingerprint density at radius 2 is 1.08 bits per heavy atom. The van der Waals surface area contributed by atoms with Gasteiger partial charge in [0.2, 0.25) is 0 Å². The Kier molecular flexibility index (Phi) is 22.4. The molecule has 2 amide bonds. The second kappa shape index (κ2) is 28.5. The third kappa shape index (κ3) is 19.4. The normalized spacial score (nSPS) is 20.8. The van der Waals surface area contributed by atoms with Gasteiger partial charge in [0.15, 0.2) is 0 Å². The molecule has 4 aromatic carbocycles. The number of likely N-dealkylation sites (N-methyl/N-ethyl adjacent to an activating group) is 2. The standard InChI is InChI=1S/C29H36Cl3N3O4.C29H36Cl3N3O3/c1-34(25-10-5-11-26(19-25)39-18-15-35(37)13-16-38-17-14-35)22-24-9-6-12-28(21-24,33-27(36)29(30,31)32)20-23-7-3-2-4-8-23;1-34(25-10-5-11-26(19-25)38-18-15-35-13-16-37-17-14-35)22-24-9-6-12-28(21-24,33-27(36)29(30,31)32)20-23-7-3-2-4-8-23/h2-5,7-8,10-11,19,21H,6,9,12-18,20,22H2,1H3,(H,33,36);2-5,7-8,10-11,19,21H,6,9,12-18,20,22H2,1H3,(H,33,36). The lowest BCUT2D eigenvalue weighted by molar-refractivity contribution is -0.888. The van der Waals surface area contributed by atoms with Crippen molar-refractivity contribution < 1.29 is 33.2 Å². The van der Waals surface area contributed by atoms with Crippen LogP contribution in [0.4, 0.5) is 11.4 Å². The number of hydroxylamine groups is 3. The molecule has 0 aromatic heterocycles. The van der Waals surface area contributed by atoms with Crippen molar-refractivity contribution in [3.05, 3.63) is 149 Å². The molecule has 4 aliphatic rings. The maximum atomic E-state index is 12.7. The molecule has 2 aliphatic heterocycles. The number of hydrogen-bond donors (Lipinski definition) is 2. The van der Waals surface area contributed by atoms with E-state index in [9.17, 15) is 14.8 Å². The summed E-state index contributed by atoms with van der Waals surface area (Å²) in [5, 5.41) is 18.8. The smallest absolute Gasteiger partial charge is 0.272 e. The number of halogens is 6. The summed E-state index contributed by atoms with van der Waals surface area (Å²) < 4.78 is 18.4. The molecule has 4 aromatic rings. The van der Waals surface area contributed by atoms with E-state index in [2.05, 4.69) is 68.8 Å². The number of carbonyl (C=O) groups excluding carboxylic acids is 2. The average molecular weight is 1180 g/mol. The van der Waals surface area contributed by atoms with Gasteiger partial charge >= 0.3 is 0 Å². The van der Waals surface area contributed by atoms with Crippen LogP contribution in [0.15, 0.2) is 132 Å². The zero-order valence-electron chi connectivity index (χ0n) is 44.0. The van der Waals surface area contributed by atoms with E-state index in [4.69, 9.17) is 88.6 Å². The van der Waals surface area contributed by atoms with Crippen molar-refractivity contribution in [2.24, 2.45) is 0 Å². The summed E-state index contributed by atoms with van der Waals surface area (Å²) in [6.45, 7) is 9.10. The van der Waals surface area contributed by atoms with Crippen LogP contribution in [0, 0.1) is 5.21 Å². The predicted molar refractivity (Wildman–Crippen MR) is 313 cm³/mol. The van der Waals surface area contributed by atoms with Crippen LogP contribution in [0.5, 0.6) is 11.5 Å². The topological polar surface area (TPSA) is 128 Å². The Balaban J connectivity index is 0.000000224. The quantitative estimate of drug-likeness (QED) is 0.0382. The van der Waals surface area contributed by atoms with Crippen LogP contribution in [0.2, 0.25) is 0 Å². The third-order valence-electron chi connectivity index (χ3n) is 14.4. The molecule has 2 N–H and O–H groups in total. The maximum absolute atomic E-state index is 12.7. The first-order valence-corrected chi connectivity index (χ1v) is 28.7. The summed E-state index contributed by atoms with van der Waals surface area (Å²) in [6, 6.07) is 36.1. The van der Waals surface area contributed by atoms with E-state index in [-0.39, 0.29) is 4.65 Å². The number of nitrogens with zero attached hydrogens (tertiary/aromatic N) is 4. The van der Waals surface area contributed by atoms with Gasteiger partial charge < -0.3 is 49.2 Å². The largest absolute Gasteiger partial charge is 0.633 e. The van der Waals surface area contributed by atoms with Gasteiger partial charge in [0.1, 0.15) is 44.3 Å². The van der Waals surface area contributed by atoms with Gasteiger partial charge in [0.05, 0.1) is 37.5 Å². The molecular weight excluding hydrogens is 1110 g/mol. The highest BCUT2D eigenvalue weighted by molar-refractivity contribution is 6.76. The maximum Gasteiger partial charge on any atom is 0.272 e. The van der Waals surface area contributed by atoms with E-state index in [1.54, 1.807) is 0 Å². The molecule has 13 nitrogen and oxygen atoms in total. The number of anilines is 2. The molecule has 0 spiro atoms. The summed E-state index contributed by atoms with van der Waals surface area (Å²) in [5.41, 5.74) is 5.43. The number of rotatable bonds is 20. The van der Waals surface area contributed by atoms with Gasteiger partial charge in [-0.05, 0) is 86.8 Å². The van der Waals surface area contributed by atoms with E-state index < -0.39 is 30.5 Å². The van der Waals surface area contributed by atoms with E-state index in [1.165, 1.54) is 11.1 Å². The van der Waals surface area contributed by atoms with Crippen molar-refractivity contribution in [1.29, 1.82) is 0 Å². The first-order chi connectivity index (χ1) is 36.8. The molecule has 418 valence electrons. The van der Waals surface area contributed by atoms with Crippen molar-refractivity contribution in [2.45, 2.75) is 70.0 Å². The Morgan fingerprint density at radius 1 is 0.636 bits per heavy atom. The lowest BCUT2D eigenvalue weighted by atomic mass is 9.79. The van der Waals surface area contributed by atoms with Gasteiger partial charge in [-0.25, -0.2) is 0 Å². The Bertz CT molecular complexity index is 2580. The minimum Gasteiger partial charge on any atom is -0.633 e. The molecule has 19 heteroatoms. The van der Waals surface area contributed by atoms with Gasteiger partial charge in [-0.1, -0.05) is 166 Å². The van der Waals surface area contributed by atoms with Gasteiger partial charge in [0, 0.05) is 70.3 Å². The van der Waals surface area contributed by atoms with Gasteiger partial charge in [-0.15, -0.1) is 0 Å². The predicted octanol–water partition coefficient (Wildman–Crippen LogP) is 10.8. The van der Waals surface area contributed by atoms with Crippen molar-refractivity contribution in [2.75, 3.05) is 116 Å². The fourth-order valence-electron chi connectivity index (χ4n) is 10.4. The SMILES string of the molecule is CN(CC1=CC(Cc2ccccc2)(NC(=O)C(Cl)(Cl)Cl)CCC1)c1cccc(OCCN2CCOCC2)c1.CN(CC1=CC(Cc2ccccc2)(NC(=O)C(Cl)(Cl)Cl)CCC1)c1cccc(OCC[N+]2([O-])CCOCC2)c1. The minimum atomic E-state index is -2.04. The number of hydrogen-bond acceptors (Lipinski definition) is 10. The minimum absolute atomic E-state index is 0.271. The summed E-state index contributed by atoms with van der Waals surface area (Å²) in [7, 11) is 4.10. The number of benzene rings is 4. The first-order valence-electron chi connectivity index (χ1n) is 26.4. The molecule has 2 unspecified atom stereocenters. The van der Waals surface area contributed by atoms with Crippen LogP contribution in [-0.2, 0) is 31.9 Å². The zero-order valence-corrected chi connectivity index (χ0v) is 48.6. The summed E-state index contributed by atoms with van der Waals surface area (Å²) in [4.78, 5) is 32.2. The van der Waals surface area contributed by atoms with Gasteiger partial charge in [0.25, 0.3) is 19.4 Å². The lowest BCUT2D eigenvalue weighted by Crippen LogP contribution is -2.53. The Morgan fingerprint density at radius 3 is 1.53 bits per heavy atom. The summed E-state index contributed by atoms with van der Waals surface area (Å²) in [6.07, 6.45) is 10.8. The number of nitrogens with one attached hydrogen (secondary N) is 2. The molecule has 2 heterocycles. The number of carbonyl (C=O) groups is 2. The van der Waals surface area contributed by atoms with E-state index in [0.29, 0.717) is 65.4 Å². The molecule has 2 aliphatic carbocycles. The molecule has 2 fully saturated rings. The Hall–Kier alpha value is -3.96. The number of ether oxygens (including phenoxy) is 4. The Labute approximate surface area is 484 Å². The zero-order chi connectivity index (χ0) is 54.9. The van der Waals surface area contributed by atoms with Gasteiger partial charge in [-0.2, -0.15) is 0 Å².